The Hall–Kier alpha value is 0.796. The first kappa shape index (κ1) is 15.8. The Kier molecular flexibility index (Phi) is 24.4. The van der Waals surface area contributed by atoms with Gasteiger partial charge in [0, 0.05) is 51.4 Å². The molecule has 5 nitrogen and oxygen atoms in total. The van der Waals surface area contributed by atoms with E-state index in [2.05, 4.69) is 0 Å². The molecule has 6 heavy (non-hydrogen) atoms. The van der Waals surface area contributed by atoms with Crippen LogP contribution in [0.25, 0.3) is 0 Å². The molecule has 0 saturated carbocycles. The van der Waals surface area contributed by atoms with Gasteiger partial charge in [0.1, 0.15) is 0 Å². The second kappa shape index (κ2) is 9.25. The molecular weight excluding hydrogens is 115 g/mol. The van der Waals surface area contributed by atoms with Crippen molar-refractivity contribution in [3.63, 3.8) is 0 Å². The van der Waals surface area contributed by atoms with Crippen LogP contribution in [0.15, 0.2) is 0 Å². The topological polar surface area (TPSA) is 103 Å². The van der Waals surface area contributed by atoms with Crippen LogP contribution in [0.5, 0.6) is 0 Å². The Morgan fingerprint density at radius 3 is 1.33 bits per heavy atom. The Bertz CT molecular complexity index is 31.8. The van der Waals surface area contributed by atoms with Crippen LogP contribution in [0.2, 0.25) is 0 Å². The number of rotatable bonds is 0. The smallest absolute Gasteiger partial charge is 0.0689 e. The van der Waals surface area contributed by atoms with Crippen LogP contribution in [0, 0.1) is 15.3 Å². The third-order valence-corrected chi connectivity index (χ3v) is 0. The molecule has 0 aliphatic rings. The van der Waals surface area contributed by atoms with Crippen molar-refractivity contribution >= 4 is 51.4 Å². The Morgan fingerprint density at radius 2 is 1.33 bits per heavy atom. The van der Waals surface area contributed by atoms with E-state index < -0.39 is 5.09 Å². The van der Waals surface area contributed by atoms with Gasteiger partial charge >= 0.3 is 0 Å². The van der Waals surface area contributed by atoms with Gasteiger partial charge < -0.3 is 21.5 Å². The summed E-state index contributed by atoms with van der Waals surface area (Å²) in [7, 11) is 0. The molecule has 0 aromatic heterocycles. The van der Waals surface area contributed by atoms with Crippen molar-refractivity contribution in [2.75, 3.05) is 0 Å². The Labute approximate surface area is 76.8 Å². The summed E-state index contributed by atoms with van der Waals surface area (Å²) in [4.78, 5) is 8.25. The zero-order chi connectivity index (χ0) is 3.58. The van der Waals surface area contributed by atoms with Gasteiger partial charge in [-0.15, -0.1) is 0 Å². The molecule has 33 valence electrons. The van der Waals surface area contributed by atoms with Gasteiger partial charge in [-0.1, -0.05) is 0 Å². The van der Waals surface area contributed by atoms with E-state index >= 15 is 0 Å². The molecule has 0 aliphatic heterocycles. The summed E-state index contributed by atoms with van der Waals surface area (Å²) in [5, 5.41) is 14.8. The molecule has 0 aromatic carbocycles. The number of hydrogen-bond acceptors (Lipinski definition) is 3. The zero-order valence-electron chi connectivity index (χ0n) is 3.67. The van der Waals surface area contributed by atoms with Crippen LogP contribution < -0.4 is 6.15 Å². The molecular formula is H4KN2O3. The van der Waals surface area contributed by atoms with Gasteiger partial charge in [0.15, 0.2) is 0 Å². The minimum absolute atomic E-state index is 0. The van der Waals surface area contributed by atoms with Crippen LogP contribution in [-0.2, 0) is 0 Å². The maximum Gasteiger partial charge on any atom is 0.0689 e. The monoisotopic (exact) mass is 119 g/mol. The molecule has 0 aliphatic carbocycles. The fraction of sp³-hybridized carbons (Fsp3) is 0. The second-order valence-corrected chi connectivity index (χ2v) is 0.224. The van der Waals surface area contributed by atoms with Gasteiger partial charge in [-0.05, 0) is 0 Å². The van der Waals surface area contributed by atoms with Gasteiger partial charge in [0.2, 0.25) is 0 Å². The molecule has 0 saturated heterocycles. The van der Waals surface area contributed by atoms with Gasteiger partial charge in [-0.3, -0.25) is 0 Å². The molecule has 1 radical (unpaired) electrons. The first-order chi connectivity index (χ1) is 1.73. The minimum Gasteiger partial charge on any atom is -0.369 e. The second-order valence-electron chi connectivity index (χ2n) is 0.224. The van der Waals surface area contributed by atoms with E-state index in [-0.39, 0.29) is 57.5 Å². The van der Waals surface area contributed by atoms with Crippen molar-refractivity contribution in [2.24, 2.45) is 0 Å². The normalized spacial score (nSPS) is 4.00. The molecule has 0 unspecified atom stereocenters. The summed E-state index contributed by atoms with van der Waals surface area (Å²) in [6, 6.07) is 0. The number of hydrogen-bond donors (Lipinski definition) is 1. The minimum atomic E-state index is -1.75. The van der Waals surface area contributed by atoms with E-state index in [1.807, 2.05) is 0 Å². The molecule has 0 atom stereocenters. The molecule has 0 aromatic rings. The fourth-order valence-electron chi connectivity index (χ4n) is 0. The van der Waals surface area contributed by atoms with E-state index in [0.717, 1.165) is 0 Å². The predicted octanol–water partition coefficient (Wildman–Crippen LogP) is -0.244. The number of nitrogens with zero attached hydrogens (tertiary/aromatic N) is 1. The fourth-order valence-corrected chi connectivity index (χ4v) is 0. The van der Waals surface area contributed by atoms with E-state index in [0.29, 0.717) is 0 Å². The van der Waals surface area contributed by atoms with Gasteiger partial charge in [0.25, 0.3) is 0 Å². The van der Waals surface area contributed by atoms with Crippen LogP contribution >= 0.6 is 0 Å². The SMILES string of the molecule is O=[N+]([O-])[O-].[K].[NH4+]. The predicted molar refractivity (Wildman–Crippen MR) is 22.1 cm³/mol. The van der Waals surface area contributed by atoms with E-state index in [1.165, 1.54) is 0 Å². The van der Waals surface area contributed by atoms with Crippen molar-refractivity contribution in [3.8, 4) is 0 Å². The maximum absolute atomic E-state index is 8.25. The van der Waals surface area contributed by atoms with Crippen molar-refractivity contribution in [2.45, 2.75) is 0 Å². The summed E-state index contributed by atoms with van der Waals surface area (Å²) in [6.45, 7) is 0. The maximum atomic E-state index is 8.25. The summed E-state index contributed by atoms with van der Waals surface area (Å²) in [5.41, 5.74) is 0. The molecule has 6 heteroatoms. The van der Waals surface area contributed by atoms with Gasteiger partial charge in [-0.25, -0.2) is 0 Å². The van der Waals surface area contributed by atoms with Crippen molar-refractivity contribution < 1.29 is 5.09 Å². The van der Waals surface area contributed by atoms with Crippen molar-refractivity contribution in [1.29, 1.82) is 0 Å². The quantitative estimate of drug-likeness (QED) is 0.270. The molecule has 4 N–H and O–H groups in total. The molecule has 0 heterocycles. The van der Waals surface area contributed by atoms with Gasteiger partial charge in [0.05, 0.1) is 5.09 Å². The average molecular weight is 119 g/mol. The number of quaternary nitrogens is 1. The summed E-state index contributed by atoms with van der Waals surface area (Å²) >= 11 is 0. The zero-order valence-corrected chi connectivity index (χ0v) is 6.80. The summed E-state index contributed by atoms with van der Waals surface area (Å²) in [5.74, 6) is 0. The van der Waals surface area contributed by atoms with Crippen LogP contribution in [0.1, 0.15) is 0 Å². The van der Waals surface area contributed by atoms with Crippen LogP contribution in [-0.4, -0.2) is 56.5 Å². The first-order valence-electron chi connectivity index (χ1n) is 0.548. The first-order valence-corrected chi connectivity index (χ1v) is 0.548. The Morgan fingerprint density at radius 1 is 1.33 bits per heavy atom. The molecule has 0 amide bonds. The van der Waals surface area contributed by atoms with Crippen molar-refractivity contribution in [1.82, 2.24) is 6.15 Å². The third kappa shape index (κ3) is 109. The summed E-state index contributed by atoms with van der Waals surface area (Å²) in [6.07, 6.45) is 0. The molecule has 0 bridgehead atoms. The van der Waals surface area contributed by atoms with E-state index in [4.69, 9.17) is 15.3 Å². The van der Waals surface area contributed by atoms with E-state index in [9.17, 15) is 0 Å². The largest absolute Gasteiger partial charge is 0.369 e. The van der Waals surface area contributed by atoms with Gasteiger partial charge in [-0.2, -0.15) is 0 Å². The molecule has 0 rings (SSSR count). The van der Waals surface area contributed by atoms with E-state index in [1.54, 1.807) is 0 Å². The van der Waals surface area contributed by atoms with Crippen LogP contribution in [0.3, 0.4) is 0 Å². The van der Waals surface area contributed by atoms with Crippen molar-refractivity contribution in [3.05, 3.63) is 15.3 Å². The third-order valence-electron chi connectivity index (χ3n) is 0. The van der Waals surface area contributed by atoms with Crippen LogP contribution in [0.4, 0.5) is 0 Å². The summed E-state index contributed by atoms with van der Waals surface area (Å²) < 4.78 is 0. The standard InChI is InChI=1S/K.NO3.H3N/c;2-1(3)4;/h;;1H3/q;-1;/p+1. The molecule has 0 spiro atoms. The molecule has 0 fully saturated rings. The average Bonchev–Trinajstić information content (AvgIpc) is 0.811. The Balaban J connectivity index is -0.0000000450.